The molecule has 0 radical (unpaired) electrons. The van der Waals surface area contributed by atoms with E-state index in [1.807, 2.05) is 24.4 Å². The summed E-state index contributed by atoms with van der Waals surface area (Å²) in [5, 5.41) is 1.98. The van der Waals surface area contributed by atoms with Gasteiger partial charge in [0.2, 0.25) is 0 Å². The van der Waals surface area contributed by atoms with Crippen molar-refractivity contribution >= 4 is 17.1 Å². The Morgan fingerprint density at radius 1 is 1.21 bits per heavy atom. The van der Waals surface area contributed by atoms with E-state index in [0.717, 1.165) is 34.3 Å². The number of hydrogen-bond acceptors (Lipinski definition) is 3. The molecule has 0 saturated heterocycles. The minimum absolute atomic E-state index is 0.0384. The van der Waals surface area contributed by atoms with Crippen molar-refractivity contribution in [2.75, 3.05) is 0 Å². The number of carbonyl (C=O) groups is 1. The number of thiophene rings is 1. The van der Waals surface area contributed by atoms with Crippen molar-refractivity contribution in [2.24, 2.45) is 0 Å². The summed E-state index contributed by atoms with van der Waals surface area (Å²) in [4.78, 5) is 13.3. The molecule has 0 atom stereocenters. The van der Waals surface area contributed by atoms with Gasteiger partial charge < -0.3 is 4.42 Å². The largest absolute Gasteiger partial charge is 0.464 e. The summed E-state index contributed by atoms with van der Waals surface area (Å²) in [6, 6.07) is 7.02. The van der Waals surface area contributed by atoms with E-state index in [9.17, 15) is 13.6 Å². The second-order valence-corrected chi connectivity index (χ2v) is 6.47. The van der Waals surface area contributed by atoms with Crippen molar-refractivity contribution in [3.63, 3.8) is 0 Å². The lowest BCUT2D eigenvalue weighted by molar-refractivity contribution is -0.117. The Labute approximate surface area is 142 Å². The zero-order valence-electron chi connectivity index (χ0n) is 13.1. The summed E-state index contributed by atoms with van der Waals surface area (Å²) in [6.45, 7) is 2.03. The van der Waals surface area contributed by atoms with Gasteiger partial charge in [0.05, 0.1) is 6.26 Å². The van der Waals surface area contributed by atoms with Gasteiger partial charge in [0, 0.05) is 34.7 Å². The minimum Gasteiger partial charge on any atom is -0.464 e. The average Bonchev–Trinajstić information content (AvgIpc) is 3.19. The number of furan rings is 1. The van der Waals surface area contributed by atoms with E-state index >= 15 is 0 Å². The number of ketones is 1. The molecule has 3 aromatic rings. The van der Waals surface area contributed by atoms with E-state index in [-0.39, 0.29) is 24.2 Å². The number of halogens is 2. The third-order valence-corrected chi connectivity index (χ3v) is 4.91. The first-order chi connectivity index (χ1) is 11.6. The van der Waals surface area contributed by atoms with Gasteiger partial charge in [-0.15, -0.1) is 11.3 Å². The molecule has 5 heteroatoms. The third-order valence-electron chi connectivity index (χ3n) is 3.88. The maximum absolute atomic E-state index is 13.7. The molecule has 124 valence electrons. The molecule has 0 amide bonds. The lowest BCUT2D eigenvalue weighted by Crippen LogP contribution is -2.08. The van der Waals surface area contributed by atoms with Gasteiger partial charge in [0.1, 0.15) is 23.2 Å². The Morgan fingerprint density at radius 3 is 2.71 bits per heavy atom. The monoisotopic (exact) mass is 346 g/mol. The number of rotatable bonds is 6. The highest BCUT2D eigenvalue weighted by molar-refractivity contribution is 7.10. The number of carbonyl (C=O) groups excluding carboxylic acids is 1. The molecule has 0 aliphatic carbocycles. The quantitative estimate of drug-likeness (QED) is 0.614. The molecule has 0 saturated carbocycles. The highest BCUT2D eigenvalue weighted by Crippen LogP contribution is 2.33. The normalized spacial score (nSPS) is 11.0. The maximum atomic E-state index is 13.7. The highest BCUT2D eigenvalue weighted by atomic mass is 32.1. The maximum Gasteiger partial charge on any atom is 0.142 e. The van der Waals surface area contributed by atoms with E-state index in [0.29, 0.717) is 0 Å². The van der Waals surface area contributed by atoms with Gasteiger partial charge >= 0.3 is 0 Å². The SMILES string of the molecule is CCc1c(-c2ccco2)csc1CC(=O)Cc1ccc(F)cc1F. The standard InChI is InChI=1S/C19H16F2O2S/c1-2-15-16(18-4-3-7-23-18)11-24-19(15)10-14(22)8-12-5-6-13(20)9-17(12)21/h3-7,9,11H,2,8,10H2,1H3. The lowest BCUT2D eigenvalue weighted by atomic mass is 10.0. The first kappa shape index (κ1) is 16.6. The van der Waals surface area contributed by atoms with Crippen molar-refractivity contribution < 1.29 is 18.0 Å². The van der Waals surface area contributed by atoms with Crippen LogP contribution in [0.25, 0.3) is 11.3 Å². The fourth-order valence-corrected chi connectivity index (χ4v) is 3.88. The molecule has 0 spiro atoms. The zero-order valence-corrected chi connectivity index (χ0v) is 14.0. The van der Waals surface area contributed by atoms with Crippen molar-refractivity contribution in [1.29, 1.82) is 0 Å². The molecule has 0 fully saturated rings. The van der Waals surface area contributed by atoms with Crippen LogP contribution in [0.3, 0.4) is 0 Å². The van der Waals surface area contributed by atoms with Crippen LogP contribution in [0.5, 0.6) is 0 Å². The fraction of sp³-hybridized carbons (Fsp3) is 0.211. The molecule has 3 rings (SSSR count). The first-order valence-corrected chi connectivity index (χ1v) is 8.55. The Kier molecular flexibility index (Phi) is 4.90. The molecular formula is C19H16F2O2S. The smallest absolute Gasteiger partial charge is 0.142 e. The van der Waals surface area contributed by atoms with Crippen LogP contribution >= 0.6 is 11.3 Å². The zero-order chi connectivity index (χ0) is 17.1. The van der Waals surface area contributed by atoms with Crippen LogP contribution in [-0.2, 0) is 24.1 Å². The van der Waals surface area contributed by atoms with Gasteiger partial charge in [-0.1, -0.05) is 13.0 Å². The van der Waals surface area contributed by atoms with Crippen LogP contribution in [0.2, 0.25) is 0 Å². The molecule has 0 bridgehead atoms. The van der Waals surface area contributed by atoms with Gasteiger partial charge in [-0.2, -0.15) is 0 Å². The van der Waals surface area contributed by atoms with Crippen LogP contribution in [0, 0.1) is 11.6 Å². The summed E-state index contributed by atoms with van der Waals surface area (Å²) < 4.78 is 32.1. The fourth-order valence-electron chi connectivity index (χ4n) is 2.72. The van der Waals surface area contributed by atoms with Crippen molar-refractivity contribution in [1.82, 2.24) is 0 Å². The van der Waals surface area contributed by atoms with Gasteiger partial charge in [-0.3, -0.25) is 4.79 Å². The van der Waals surface area contributed by atoms with Crippen molar-refractivity contribution in [3.05, 3.63) is 69.6 Å². The van der Waals surface area contributed by atoms with E-state index in [1.165, 1.54) is 23.5 Å². The third kappa shape index (κ3) is 3.46. The Hall–Kier alpha value is -2.27. The molecule has 0 aliphatic rings. The Bertz CT molecular complexity index is 850. The van der Waals surface area contributed by atoms with Gasteiger partial charge in [0.15, 0.2) is 0 Å². The second kappa shape index (κ2) is 7.09. The molecule has 0 aliphatic heterocycles. The number of Topliss-reactive ketones (excluding diaryl/α,β-unsaturated/α-hetero) is 1. The van der Waals surface area contributed by atoms with Crippen molar-refractivity contribution in [2.45, 2.75) is 26.2 Å². The molecule has 1 aromatic carbocycles. The van der Waals surface area contributed by atoms with E-state index in [4.69, 9.17) is 4.42 Å². The summed E-state index contributed by atoms with van der Waals surface area (Å²) in [5.74, 6) is -0.630. The van der Waals surface area contributed by atoms with E-state index in [1.54, 1.807) is 6.26 Å². The molecule has 2 nitrogen and oxygen atoms in total. The topological polar surface area (TPSA) is 30.2 Å². The predicted octanol–water partition coefficient (Wildman–Crippen LogP) is 5.20. The highest BCUT2D eigenvalue weighted by Gasteiger charge is 2.17. The second-order valence-electron chi connectivity index (χ2n) is 5.51. The Morgan fingerprint density at radius 2 is 2.04 bits per heavy atom. The van der Waals surface area contributed by atoms with Gasteiger partial charge in [0.25, 0.3) is 0 Å². The van der Waals surface area contributed by atoms with E-state index in [2.05, 4.69) is 0 Å². The van der Waals surface area contributed by atoms with Crippen LogP contribution in [-0.4, -0.2) is 5.78 Å². The first-order valence-electron chi connectivity index (χ1n) is 7.67. The van der Waals surface area contributed by atoms with E-state index < -0.39 is 11.6 Å². The predicted molar refractivity (Wildman–Crippen MR) is 90.2 cm³/mol. The lowest BCUT2D eigenvalue weighted by Gasteiger charge is -2.05. The molecule has 2 aromatic heterocycles. The molecule has 24 heavy (non-hydrogen) atoms. The molecule has 0 N–H and O–H groups in total. The van der Waals surface area contributed by atoms with Crippen LogP contribution in [0.4, 0.5) is 8.78 Å². The number of hydrogen-bond donors (Lipinski definition) is 0. The van der Waals surface area contributed by atoms with Crippen LogP contribution in [0.1, 0.15) is 22.9 Å². The van der Waals surface area contributed by atoms with Crippen LogP contribution in [0.15, 0.2) is 46.4 Å². The average molecular weight is 346 g/mol. The summed E-state index contributed by atoms with van der Waals surface area (Å²) >= 11 is 1.51. The summed E-state index contributed by atoms with van der Waals surface area (Å²) in [7, 11) is 0. The summed E-state index contributed by atoms with van der Waals surface area (Å²) in [5.41, 5.74) is 2.31. The minimum atomic E-state index is -0.679. The van der Waals surface area contributed by atoms with Crippen molar-refractivity contribution in [3.8, 4) is 11.3 Å². The van der Waals surface area contributed by atoms with Gasteiger partial charge in [-0.25, -0.2) is 8.78 Å². The Balaban J connectivity index is 1.77. The number of benzene rings is 1. The molecule has 0 unspecified atom stereocenters. The van der Waals surface area contributed by atoms with Crippen LogP contribution < -0.4 is 0 Å². The van der Waals surface area contributed by atoms with Gasteiger partial charge in [-0.05, 0) is 35.7 Å². The molecular weight excluding hydrogens is 330 g/mol. The summed E-state index contributed by atoms with van der Waals surface area (Å²) in [6.07, 6.45) is 2.61. The molecule has 2 heterocycles.